The quantitative estimate of drug-likeness (QED) is 0.443. The molecule has 3 rings (SSSR count). The van der Waals surface area contributed by atoms with E-state index in [1.54, 1.807) is 30.3 Å². The molecule has 162 valence electrons. The van der Waals surface area contributed by atoms with Gasteiger partial charge in [-0.25, -0.2) is 9.37 Å². The highest BCUT2D eigenvalue weighted by Gasteiger charge is 2.18. The Kier molecular flexibility index (Phi) is 7.15. The number of amides is 2. The van der Waals surface area contributed by atoms with Crippen LogP contribution in [0.3, 0.4) is 0 Å². The lowest BCUT2D eigenvalue weighted by atomic mass is 9.99. The Bertz CT molecular complexity index is 1100. The van der Waals surface area contributed by atoms with Crippen LogP contribution in [0.1, 0.15) is 30.1 Å². The zero-order valence-corrected chi connectivity index (χ0v) is 17.2. The Hall–Kier alpha value is -3.52. The number of carbonyl (C=O) groups excluding carboxylic acids is 2. The molecule has 1 unspecified atom stereocenters. The van der Waals surface area contributed by atoms with Crippen molar-refractivity contribution in [2.45, 2.75) is 25.8 Å². The van der Waals surface area contributed by atoms with Gasteiger partial charge in [0.15, 0.2) is 0 Å². The van der Waals surface area contributed by atoms with Gasteiger partial charge < -0.3 is 21.5 Å². The predicted molar refractivity (Wildman–Crippen MR) is 118 cm³/mol. The summed E-state index contributed by atoms with van der Waals surface area (Å²) in [5.41, 5.74) is 7.74. The van der Waals surface area contributed by atoms with Gasteiger partial charge >= 0.3 is 0 Å². The average Bonchev–Trinajstić information content (AvgIpc) is 2.76. The molecule has 0 spiro atoms. The fraction of sp³-hybridized carbons (Fsp3) is 0.261. The third-order valence-corrected chi connectivity index (χ3v) is 4.90. The molecule has 5 N–H and O–H groups in total. The minimum atomic E-state index is -0.646. The summed E-state index contributed by atoms with van der Waals surface area (Å²) in [4.78, 5) is 28.6. The topological polar surface area (TPSA) is 117 Å². The van der Waals surface area contributed by atoms with Crippen LogP contribution in [0.25, 0.3) is 21.9 Å². The molecule has 0 radical (unpaired) electrons. The maximum atomic E-state index is 13.6. The lowest BCUT2D eigenvalue weighted by molar-refractivity contribution is -0.121. The third kappa shape index (κ3) is 5.35. The molecular formula is C23H25FN4O3. The number of carbonyl (C=O) groups is 2. The Morgan fingerprint density at radius 2 is 1.94 bits per heavy atom. The van der Waals surface area contributed by atoms with E-state index in [0.29, 0.717) is 29.2 Å². The molecule has 8 heteroatoms. The Morgan fingerprint density at radius 1 is 1.16 bits per heavy atom. The van der Waals surface area contributed by atoms with Gasteiger partial charge in [0.25, 0.3) is 5.91 Å². The Labute approximate surface area is 179 Å². The van der Waals surface area contributed by atoms with E-state index in [2.05, 4.69) is 15.6 Å². The number of nitrogens with zero attached hydrogens (tertiary/aromatic N) is 1. The minimum absolute atomic E-state index is 0.116. The normalized spacial score (nSPS) is 11.8. The number of anilines is 1. The van der Waals surface area contributed by atoms with Crippen molar-refractivity contribution in [3.63, 3.8) is 0 Å². The lowest BCUT2D eigenvalue weighted by Gasteiger charge is -2.18. The first-order chi connectivity index (χ1) is 14.9. The number of benzene rings is 2. The smallest absolute Gasteiger partial charge is 0.253 e. The summed E-state index contributed by atoms with van der Waals surface area (Å²) < 4.78 is 13.6. The summed E-state index contributed by atoms with van der Waals surface area (Å²) in [5, 5.41) is 16.1. The number of hydrogen-bond donors (Lipinski definition) is 4. The minimum Gasteiger partial charge on any atom is -0.394 e. The van der Waals surface area contributed by atoms with Gasteiger partial charge in [0.05, 0.1) is 18.2 Å². The summed E-state index contributed by atoms with van der Waals surface area (Å²) >= 11 is 0. The van der Waals surface area contributed by atoms with E-state index in [4.69, 9.17) is 5.73 Å². The second-order valence-electron chi connectivity index (χ2n) is 7.23. The monoisotopic (exact) mass is 424 g/mol. The molecular weight excluding hydrogens is 399 g/mol. The first kappa shape index (κ1) is 22.2. The van der Waals surface area contributed by atoms with Gasteiger partial charge in [0.2, 0.25) is 5.91 Å². The number of aromatic nitrogens is 1. The van der Waals surface area contributed by atoms with Gasteiger partial charge in [-0.2, -0.15) is 0 Å². The van der Waals surface area contributed by atoms with Crippen LogP contribution in [-0.4, -0.2) is 41.1 Å². The van der Waals surface area contributed by atoms with Gasteiger partial charge in [0, 0.05) is 24.5 Å². The number of halogens is 1. The summed E-state index contributed by atoms with van der Waals surface area (Å²) in [6, 6.07) is 10.8. The number of nitrogens with two attached hydrogens (primary N) is 1. The molecule has 7 nitrogen and oxygen atoms in total. The highest BCUT2D eigenvalue weighted by atomic mass is 19.1. The molecule has 0 aliphatic carbocycles. The van der Waals surface area contributed by atoms with Gasteiger partial charge in [-0.1, -0.05) is 31.2 Å². The van der Waals surface area contributed by atoms with E-state index in [1.807, 2.05) is 6.92 Å². The molecule has 0 saturated heterocycles. The molecule has 0 aliphatic heterocycles. The average molecular weight is 424 g/mol. The first-order valence-electron chi connectivity index (χ1n) is 10.1. The van der Waals surface area contributed by atoms with Gasteiger partial charge in [-0.3, -0.25) is 9.59 Å². The fourth-order valence-electron chi connectivity index (χ4n) is 3.27. The number of rotatable bonds is 8. The van der Waals surface area contributed by atoms with Crippen LogP contribution in [0.15, 0.2) is 48.7 Å². The molecule has 0 saturated carbocycles. The summed E-state index contributed by atoms with van der Waals surface area (Å²) in [6.45, 7) is 1.68. The van der Waals surface area contributed by atoms with Crippen LogP contribution in [0, 0.1) is 5.82 Å². The second-order valence-corrected chi connectivity index (χ2v) is 7.23. The van der Waals surface area contributed by atoms with E-state index in [0.717, 1.165) is 5.56 Å². The summed E-state index contributed by atoms with van der Waals surface area (Å²) in [6.07, 6.45) is 2.47. The first-order valence-corrected chi connectivity index (χ1v) is 10.1. The summed E-state index contributed by atoms with van der Waals surface area (Å²) in [7, 11) is 0. The highest BCUT2D eigenvalue weighted by Crippen LogP contribution is 2.29. The second kappa shape index (κ2) is 9.99. The highest BCUT2D eigenvalue weighted by molar-refractivity contribution is 6.10. The van der Waals surface area contributed by atoms with Crippen molar-refractivity contribution in [1.29, 1.82) is 0 Å². The number of pyridine rings is 1. The van der Waals surface area contributed by atoms with Crippen molar-refractivity contribution in [2.24, 2.45) is 0 Å². The molecule has 0 aliphatic rings. The SMILES string of the molecule is CCCC(=O)NCC(CO)NC(=O)c1cnc(N)c2cc(-c3cccc(F)c3)ccc12. The molecule has 1 aromatic heterocycles. The van der Waals surface area contributed by atoms with Crippen LogP contribution in [-0.2, 0) is 4.79 Å². The molecule has 0 fully saturated rings. The fourth-order valence-corrected chi connectivity index (χ4v) is 3.27. The number of hydrogen-bond acceptors (Lipinski definition) is 5. The van der Waals surface area contributed by atoms with Gasteiger partial charge in [-0.15, -0.1) is 0 Å². The van der Waals surface area contributed by atoms with Crippen molar-refractivity contribution in [3.8, 4) is 11.1 Å². The Balaban J connectivity index is 1.85. The van der Waals surface area contributed by atoms with Crippen LogP contribution in [0.5, 0.6) is 0 Å². The van der Waals surface area contributed by atoms with Gasteiger partial charge in [-0.05, 0) is 41.1 Å². The van der Waals surface area contributed by atoms with Crippen LogP contribution >= 0.6 is 0 Å². The van der Waals surface area contributed by atoms with Crippen molar-refractivity contribution in [3.05, 3.63) is 60.0 Å². The van der Waals surface area contributed by atoms with Crippen LogP contribution in [0.2, 0.25) is 0 Å². The van der Waals surface area contributed by atoms with Crippen molar-refractivity contribution < 1.29 is 19.1 Å². The lowest BCUT2D eigenvalue weighted by Crippen LogP contribution is -2.45. The maximum Gasteiger partial charge on any atom is 0.253 e. The third-order valence-electron chi connectivity index (χ3n) is 4.90. The number of aliphatic hydroxyl groups is 1. The van der Waals surface area contributed by atoms with E-state index in [9.17, 15) is 19.1 Å². The number of fused-ring (bicyclic) bond motifs is 1. The molecule has 31 heavy (non-hydrogen) atoms. The molecule has 2 aromatic carbocycles. The molecule has 0 bridgehead atoms. The van der Waals surface area contributed by atoms with E-state index < -0.39 is 11.9 Å². The van der Waals surface area contributed by atoms with E-state index in [-0.39, 0.29) is 36.3 Å². The molecule has 3 aromatic rings. The van der Waals surface area contributed by atoms with E-state index in [1.165, 1.54) is 18.3 Å². The predicted octanol–water partition coefficient (Wildman–Crippen LogP) is 2.63. The molecule has 2 amide bonds. The number of aliphatic hydroxyl groups excluding tert-OH is 1. The van der Waals surface area contributed by atoms with Crippen molar-refractivity contribution >= 4 is 28.4 Å². The zero-order chi connectivity index (χ0) is 22.4. The zero-order valence-electron chi connectivity index (χ0n) is 17.2. The van der Waals surface area contributed by atoms with Crippen LogP contribution in [0.4, 0.5) is 10.2 Å². The summed E-state index contributed by atoms with van der Waals surface area (Å²) in [5.74, 6) is -0.687. The van der Waals surface area contributed by atoms with Gasteiger partial charge in [0.1, 0.15) is 11.6 Å². The van der Waals surface area contributed by atoms with Crippen LogP contribution < -0.4 is 16.4 Å². The van der Waals surface area contributed by atoms with Crippen molar-refractivity contribution in [2.75, 3.05) is 18.9 Å². The van der Waals surface area contributed by atoms with E-state index >= 15 is 0 Å². The maximum absolute atomic E-state index is 13.6. The number of nitrogen functional groups attached to an aromatic ring is 1. The number of nitrogens with one attached hydrogen (secondary N) is 2. The largest absolute Gasteiger partial charge is 0.394 e. The molecule has 1 heterocycles. The Morgan fingerprint density at radius 3 is 2.65 bits per heavy atom. The standard InChI is InChI=1S/C23H25FN4O3/c1-2-4-21(30)26-11-17(13-29)28-23(31)20-12-27-22(25)19-10-15(7-8-18(19)20)14-5-3-6-16(24)9-14/h3,5-10,12,17,29H,2,4,11,13H2,1H3,(H2,25,27)(H,26,30)(H,28,31). The van der Waals surface area contributed by atoms with Crippen molar-refractivity contribution in [1.82, 2.24) is 15.6 Å². The molecule has 1 atom stereocenters.